The lowest BCUT2D eigenvalue weighted by molar-refractivity contribution is 0.103. The Labute approximate surface area is 191 Å². The molecule has 0 radical (unpaired) electrons. The molecule has 3 heterocycles. The van der Waals surface area contributed by atoms with Gasteiger partial charge in [-0.2, -0.15) is 0 Å². The smallest absolute Gasteiger partial charge is 0.326 e. The number of aromatic amines is 1. The molecule has 0 atom stereocenters. The van der Waals surface area contributed by atoms with E-state index >= 15 is 0 Å². The van der Waals surface area contributed by atoms with Crippen molar-refractivity contribution in [1.82, 2.24) is 14.5 Å². The van der Waals surface area contributed by atoms with Crippen LogP contribution in [0, 0.1) is 13.8 Å². The second-order valence-corrected chi connectivity index (χ2v) is 8.73. The van der Waals surface area contributed by atoms with Crippen LogP contribution in [0.15, 0.2) is 59.5 Å². The van der Waals surface area contributed by atoms with Crippen LogP contribution >= 0.6 is 0 Å². The van der Waals surface area contributed by atoms with Crippen molar-refractivity contribution < 1.29 is 9.90 Å². The van der Waals surface area contributed by atoms with Crippen LogP contribution in [0.25, 0.3) is 11.0 Å². The van der Waals surface area contributed by atoms with E-state index in [2.05, 4.69) is 14.9 Å². The van der Waals surface area contributed by atoms with Gasteiger partial charge in [-0.15, -0.1) is 0 Å². The summed E-state index contributed by atoms with van der Waals surface area (Å²) in [7, 11) is 0. The van der Waals surface area contributed by atoms with Crippen molar-refractivity contribution in [2.75, 3.05) is 18.0 Å². The van der Waals surface area contributed by atoms with E-state index in [4.69, 9.17) is 0 Å². The Morgan fingerprint density at radius 3 is 2.45 bits per heavy atom. The highest BCUT2D eigenvalue weighted by atomic mass is 16.3. The number of aryl methyl sites for hydroxylation is 2. The van der Waals surface area contributed by atoms with Gasteiger partial charge in [0.2, 0.25) is 0 Å². The number of ketones is 1. The fourth-order valence-corrected chi connectivity index (χ4v) is 4.78. The van der Waals surface area contributed by atoms with Crippen LogP contribution in [-0.4, -0.2) is 38.5 Å². The number of anilines is 1. The maximum absolute atomic E-state index is 13.1. The molecule has 1 aliphatic heterocycles. The summed E-state index contributed by atoms with van der Waals surface area (Å²) < 4.78 is 1.87. The van der Waals surface area contributed by atoms with Crippen molar-refractivity contribution in [3.63, 3.8) is 0 Å². The SMILES string of the molecule is Cc1cc(C(=O)c2ccnc(N3CCC(n4c(=O)[nH]c5ccccc54)CC3)c2)cc(C)c1O. The van der Waals surface area contributed by atoms with E-state index in [0.29, 0.717) is 22.3 Å². The molecule has 0 bridgehead atoms. The highest BCUT2D eigenvalue weighted by Crippen LogP contribution is 2.28. The number of carbonyl (C=O) groups excluding carboxylic acids is 1. The second-order valence-electron chi connectivity index (χ2n) is 8.73. The van der Waals surface area contributed by atoms with Crippen LogP contribution in [0.3, 0.4) is 0 Å². The molecule has 7 heteroatoms. The van der Waals surface area contributed by atoms with Gasteiger partial charge in [0.25, 0.3) is 0 Å². The molecule has 0 unspecified atom stereocenters. The molecule has 0 aliphatic carbocycles. The standard InChI is InChI=1S/C26H26N4O3/c1-16-13-19(14-17(2)24(16)31)25(32)18-7-10-27-23(15-18)29-11-8-20(9-12-29)30-22-6-4-3-5-21(22)28-26(30)33/h3-7,10,13-15,20,31H,8-9,11-12H2,1-2H3,(H,28,33). The number of benzene rings is 2. The van der Waals surface area contributed by atoms with Gasteiger partial charge in [-0.05, 0) is 74.2 Å². The molecule has 2 aromatic heterocycles. The minimum Gasteiger partial charge on any atom is -0.507 e. The number of nitrogens with zero attached hydrogens (tertiary/aromatic N) is 3. The number of H-pyrrole nitrogens is 1. The van der Waals surface area contributed by atoms with Gasteiger partial charge >= 0.3 is 5.69 Å². The largest absolute Gasteiger partial charge is 0.507 e. The van der Waals surface area contributed by atoms with Crippen LogP contribution in [0.2, 0.25) is 0 Å². The number of phenolic OH excluding ortho intramolecular Hbond substituents is 1. The number of aromatic nitrogens is 3. The zero-order chi connectivity index (χ0) is 23.1. The fraction of sp³-hybridized carbons (Fsp3) is 0.269. The first-order valence-corrected chi connectivity index (χ1v) is 11.2. The van der Waals surface area contributed by atoms with Gasteiger partial charge in [0.05, 0.1) is 11.0 Å². The van der Waals surface area contributed by atoms with Gasteiger partial charge < -0.3 is 15.0 Å². The number of aromatic hydroxyl groups is 1. The van der Waals surface area contributed by atoms with Crippen LogP contribution in [0.1, 0.15) is 45.9 Å². The van der Waals surface area contributed by atoms with Gasteiger partial charge in [-0.1, -0.05) is 12.1 Å². The number of phenols is 1. The first kappa shape index (κ1) is 21.0. The Kier molecular flexibility index (Phi) is 5.24. The van der Waals surface area contributed by atoms with E-state index in [1.54, 1.807) is 38.2 Å². The van der Waals surface area contributed by atoms with Gasteiger partial charge in [0, 0.05) is 36.5 Å². The number of piperidine rings is 1. The molecule has 1 aliphatic rings. The lowest BCUT2D eigenvalue weighted by atomic mass is 9.99. The fourth-order valence-electron chi connectivity index (χ4n) is 4.78. The minimum atomic E-state index is -0.0925. The van der Waals surface area contributed by atoms with Crippen LogP contribution in [0.4, 0.5) is 5.82 Å². The summed E-state index contributed by atoms with van der Waals surface area (Å²) in [6.07, 6.45) is 3.30. The number of rotatable bonds is 4. The molecule has 1 saturated heterocycles. The first-order valence-electron chi connectivity index (χ1n) is 11.2. The molecule has 33 heavy (non-hydrogen) atoms. The molecule has 0 spiro atoms. The zero-order valence-corrected chi connectivity index (χ0v) is 18.7. The summed E-state index contributed by atoms with van der Waals surface area (Å²) >= 11 is 0. The number of hydrogen-bond acceptors (Lipinski definition) is 5. The third kappa shape index (κ3) is 3.80. The summed E-state index contributed by atoms with van der Waals surface area (Å²) in [6, 6.07) is 14.9. The number of pyridine rings is 1. The zero-order valence-electron chi connectivity index (χ0n) is 18.7. The highest BCUT2D eigenvalue weighted by Gasteiger charge is 2.25. The molecule has 7 nitrogen and oxygen atoms in total. The summed E-state index contributed by atoms with van der Waals surface area (Å²) in [5.74, 6) is 0.891. The molecule has 2 N–H and O–H groups in total. The van der Waals surface area contributed by atoms with Gasteiger partial charge in [0.15, 0.2) is 5.78 Å². The Morgan fingerprint density at radius 2 is 1.73 bits per heavy atom. The summed E-state index contributed by atoms with van der Waals surface area (Å²) in [5, 5.41) is 10.0. The number of para-hydroxylation sites is 2. The lowest BCUT2D eigenvalue weighted by Gasteiger charge is -2.33. The van der Waals surface area contributed by atoms with Crippen molar-refractivity contribution in [3.8, 4) is 5.75 Å². The number of imidazole rings is 1. The Balaban J connectivity index is 1.35. The lowest BCUT2D eigenvalue weighted by Crippen LogP contribution is -2.37. The van der Waals surface area contributed by atoms with Crippen molar-refractivity contribution in [2.45, 2.75) is 32.7 Å². The molecule has 0 amide bonds. The normalized spacial score (nSPS) is 14.7. The molecule has 4 aromatic rings. The molecular formula is C26H26N4O3. The summed E-state index contributed by atoms with van der Waals surface area (Å²) in [5.41, 5.74) is 4.21. The molecule has 0 saturated carbocycles. The van der Waals surface area contributed by atoms with E-state index in [9.17, 15) is 14.7 Å². The quantitative estimate of drug-likeness (QED) is 0.464. The Hall–Kier alpha value is -3.87. The van der Waals surface area contributed by atoms with Crippen LogP contribution in [0.5, 0.6) is 5.75 Å². The van der Waals surface area contributed by atoms with Gasteiger partial charge in [0.1, 0.15) is 11.6 Å². The maximum atomic E-state index is 13.1. The van der Waals surface area contributed by atoms with E-state index in [1.165, 1.54) is 0 Å². The average Bonchev–Trinajstić information content (AvgIpc) is 3.17. The highest BCUT2D eigenvalue weighted by molar-refractivity contribution is 6.09. The number of nitrogens with one attached hydrogen (secondary N) is 1. The third-order valence-corrected chi connectivity index (χ3v) is 6.54. The molecule has 1 fully saturated rings. The maximum Gasteiger partial charge on any atom is 0.326 e. The van der Waals surface area contributed by atoms with Crippen molar-refractivity contribution in [2.24, 2.45) is 0 Å². The van der Waals surface area contributed by atoms with E-state index in [0.717, 1.165) is 42.8 Å². The Morgan fingerprint density at radius 1 is 1.03 bits per heavy atom. The molecular weight excluding hydrogens is 416 g/mol. The molecule has 168 valence electrons. The van der Waals surface area contributed by atoms with Gasteiger partial charge in [-0.25, -0.2) is 9.78 Å². The van der Waals surface area contributed by atoms with E-state index < -0.39 is 0 Å². The Bertz CT molecular complexity index is 1390. The number of carbonyl (C=O) groups is 1. The summed E-state index contributed by atoms with van der Waals surface area (Å²) in [6.45, 7) is 5.08. The minimum absolute atomic E-state index is 0.0696. The summed E-state index contributed by atoms with van der Waals surface area (Å²) in [4.78, 5) is 35.3. The second kappa shape index (κ2) is 8.24. The van der Waals surface area contributed by atoms with Crippen LogP contribution in [-0.2, 0) is 0 Å². The average molecular weight is 443 g/mol. The number of hydrogen-bond donors (Lipinski definition) is 2. The van der Waals surface area contributed by atoms with Gasteiger partial charge in [-0.3, -0.25) is 9.36 Å². The van der Waals surface area contributed by atoms with Crippen molar-refractivity contribution in [3.05, 3.63) is 87.5 Å². The molecule has 2 aromatic carbocycles. The topological polar surface area (TPSA) is 91.2 Å². The third-order valence-electron chi connectivity index (χ3n) is 6.54. The van der Waals surface area contributed by atoms with Crippen molar-refractivity contribution >= 4 is 22.6 Å². The van der Waals surface area contributed by atoms with Crippen LogP contribution < -0.4 is 10.6 Å². The molecule has 5 rings (SSSR count). The monoisotopic (exact) mass is 442 g/mol. The van der Waals surface area contributed by atoms with E-state index in [1.807, 2.05) is 34.9 Å². The predicted octanol–water partition coefficient (Wildman–Crippen LogP) is 4.12. The predicted molar refractivity (Wildman–Crippen MR) is 128 cm³/mol. The van der Waals surface area contributed by atoms with Crippen molar-refractivity contribution in [1.29, 1.82) is 0 Å². The number of fused-ring (bicyclic) bond motifs is 1. The van der Waals surface area contributed by atoms with E-state index in [-0.39, 0.29) is 23.3 Å². The first-order chi connectivity index (χ1) is 15.9.